The predicted molar refractivity (Wildman–Crippen MR) is 69.3 cm³/mol. The number of hydrogen-bond acceptors (Lipinski definition) is 2. The van der Waals surface area contributed by atoms with Crippen molar-refractivity contribution in [2.75, 3.05) is 33.2 Å². The number of unbranched alkanes of at least 4 members (excludes halogenated alkanes) is 3. The summed E-state index contributed by atoms with van der Waals surface area (Å²) in [5, 5.41) is 3.36. The third-order valence-electron chi connectivity index (χ3n) is 2.57. The normalized spacial score (nSPS) is 11.6. The second-order valence-corrected chi connectivity index (χ2v) is 4.92. The van der Waals surface area contributed by atoms with Crippen LogP contribution >= 0.6 is 0 Å². The topological polar surface area (TPSA) is 15.3 Å². The van der Waals surface area contributed by atoms with Gasteiger partial charge in [-0.25, -0.2) is 0 Å². The Kier molecular flexibility index (Phi) is 10.4. The Morgan fingerprint density at radius 1 is 1.07 bits per heavy atom. The summed E-state index contributed by atoms with van der Waals surface area (Å²) < 4.78 is 0. The Bertz CT molecular complexity index is 124. The van der Waals surface area contributed by atoms with Gasteiger partial charge >= 0.3 is 0 Å². The fourth-order valence-electron chi connectivity index (χ4n) is 1.88. The van der Waals surface area contributed by atoms with E-state index in [1.54, 1.807) is 0 Å². The number of hydrogen-bond donors (Lipinski definition) is 1. The third kappa shape index (κ3) is 11.8. The van der Waals surface area contributed by atoms with Crippen molar-refractivity contribution in [2.45, 2.75) is 46.5 Å². The van der Waals surface area contributed by atoms with Crippen LogP contribution in [0, 0.1) is 5.92 Å². The summed E-state index contributed by atoms with van der Waals surface area (Å²) in [5.74, 6) is 0.795. The van der Waals surface area contributed by atoms with E-state index >= 15 is 0 Å². The summed E-state index contributed by atoms with van der Waals surface area (Å²) in [6.07, 6.45) is 5.45. The summed E-state index contributed by atoms with van der Waals surface area (Å²) >= 11 is 0. The molecule has 15 heavy (non-hydrogen) atoms. The van der Waals surface area contributed by atoms with Crippen molar-refractivity contribution in [3.8, 4) is 0 Å². The van der Waals surface area contributed by atoms with Gasteiger partial charge in [-0.1, -0.05) is 33.6 Å². The molecule has 0 unspecified atom stereocenters. The van der Waals surface area contributed by atoms with Crippen LogP contribution in [-0.2, 0) is 0 Å². The van der Waals surface area contributed by atoms with Gasteiger partial charge in [-0.15, -0.1) is 0 Å². The van der Waals surface area contributed by atoms with E-state index in [-0.39, 0.29) is 0 Å². The van der Waals surface area contributed by atoms with Gasteiger partial charge in [0.05, 0.1) is 0 Å². The highest BCUT2D eigenvalue weighted by atomic mass is 15.1. The molecule has 0 aliphatic heterocycles. The minimum Gasteiger partial charge on any atom is -0.317 e. The molecule has 0 aromatic rings. The summed E-state index contributed by atoms with van der Waals surface area (Å²) in [6, 6.07) is 0. The molecule has 0 saturated heterocycles. The van der Waals surface area contributed by atoms with Gasteiger partial charge in [-0.2, -0.15) is 0 Å². The average Bonchev–Trinajstić information content (AvgIpc) is 2.15. The van der Waals surface area contributed by atoms with E-state index in [1.165, 1.54) is 45.3 Å². The van der Waals surface area contributed by atoms with Crippen molar-refractivity contribution in [2.24, 2.45) is 5.92 Å². The minimum absolute atomic E-state index is 0.795. The van der Waals surface area contributed by atoms with Gasteiger partial charge in [-0.05, 0) is 45.4 Å². The molecule has 2 nitrogen and oxygen atoms in total. The molecule has 0 atom stereocenters. The monoisotopic (exact) mass is 214 g/mol. The molecule has 0 fully saturated rings. The second-order valence-electron chi connectivity index (χ2n) is 4.92. The Morgan fingerprint density at radius 2 is 1.73 bits per heavy atom. The lowest BCUT2D eigenvalue weighted by Crippen LogP contribution is -2.24. The van der Waals surface area contributed by atoms with Gasteiger partial charge in [0.2, 0.25) is 0 Å². The van der Waals surface area contributed by atoms with Gasteiger partial charge in [0.15, 0.2) is 0 Å². The fourth-order valence-corrected chi connectivity index (χ4v) is 1.88. The van der Waals surface area contributed by atoms with E-state index in [1.807, 2.05) is 0 Å². The Hall–Kier alpha value is -0.0800. The second kappa shape index (κ2) is 10.4. The van der Waals surface area contributed by atoms with Crippen LogP contribution < -0.4 is 5.32 Å². The van der Waals surface area contributed by atoms with Gasteiger partial charge in [-0.3, -0.25) is 0 Å². The quantitative estimate of drug-likeness (QED) is 0.563. The van der Waals surface area contributed by atoms with Crippen LogP contribution in [0.3, 0.4) is 0 Å². The molecular weight excluding hydrogens is 184 g/mol. The van der Waals surface area contributed by atoms with Gasteiger partial charge in [0.25, 0.3) is 0 Å². The Morgan fingerprint density at radius 3 is 2.33 bits per heavy atom. The van der Waals surface area contributed by atoms with E-state index in [9.17, 15) is 0 Å². The van der Waals surface area contributed by atoms with E-state index < -0.39 is 0 Å². The summed E-state index contributed by atoms with van der Waals surface area (Å²) in [5.41, 5.74) is 0. The highest BCUT2D eigenvalue weighted by Crippen LogP contribution is 2.02. The molecule has 0 aromatic carbocycles. The maximum Gasteiger partial charge on any atom is 0.000133 e. The highest BCUT2D eigenvalue weighted by molar-refractivity contribution is 4.55. The van der Waals surface area contributed by atoms with Gasteiger partial charge in [0.1, 0.15) is 0 Å². The zero-order valence-electron chi connectivity index (χ0n) is 11.2. The maximum atomic E-state index is 3.36. The SMILES string of the molecule is CCNCCCCCCN(C)CC(C)C. The Balaban J connectivity index is 3.09. The van der Waals surface area contributed by atoms with Crippen LogP contribution in [0.15, 0.2) is 0 Å². The van der Waals surface area contributed by atoms with Gasteiger partial charge in [0, 0.05) is 6.54 Å². The first-order chi connectivity index (χ1) is 7.16. The van der Waals surface area contributed by atoms with Crippen molar-refractivity contribution in [3.05, 3.63) is 0 Å². The van der Waals surface area contributed by atoms with Crippen molar-refractivity contribution < 1.29 is 0 Å². The molecule has 0 saturated carbocycles. The minimum atomic E-state index is 0.795. The molecule has 0 aliphatic rings. The fraction of sp³-hybridized carbons (Fsp3) is 1.00. The van der Waals surface area contributed by atoms with Crippen LogP contribution in [-0.4, -0.2) is 38.1 Å². The lowest BCUT2D eigenvalue weighted by Gasteiger charge is -2.18. The molecule has 2 heteroatoms. The van der Waals surface area contributed by atoms with Crippen molar-refractivity contribution >= 4 is 0 Å². The first-order valence-corrected chi connectivity index (χ1v) is 6.56. The molecule has 1 N–H and O–H groups in total. The summed E-state index contributed by atoms with van der Waals surface area (Å²) in [6.45, 7) is 11.5. The number of nitrogens with zero attached hydrogens (tertiary/aromatic N) is 1. The molecule has 0 spiro atoms. The predicted octanol–water partition coefficient (Wildman–Crippen LogP) is 2.74. The van der Waals surface area contributed by atoms with Crippen molar-refractivity contribution in [3.63, 3.8) is 0 Å². The van der Waals surface area contributed by atoms with E-state index in [0.717, 1.165) is 12.5 Å². The Labute approximate surface area is 96.4 Å². The molecule has 92 valence electrons. The zero-order chi connectivity index (χ0) is 11.5. The van der Waals surface area contributed by atoms with Crippen LogP contribution in [0.25, 0.3) is 0 Å². The van der Waals surface area contributed by atoms with Crippen LogP contribution in [0.1, 0.15) is 46.5 Å². The molecule has 0 amide bonds. The maximum absolute atomic E-state index is 3.36. The van der Waals surface area contributed by atoms with Crippen LogP contribution in [0.5, 0.6) is 0 Å². The molecule has 0 aliphatic carbocycles. The highest BCUT2D eigenvalue weighted by Gasteiger charge is 2.00. The molecule has 0 bridgehead atoms. The van der Waals surface area contributed by atoms with Crippen LogP contribution in [0.4, 0.5) is 0 Å². The molecule has 0 radical (unpaired) electrons. The van der Waals surface area contributed by atoms with E-state index in [0.29, 0.717) is 0 Å². The molecule has 0 aromatic heterocycles. The number of rotatable bonds is 10. The van der Waals surface area contributed by atoms with Gasteiger partial charge < -0.3 is 10.2 Å². The zero-order valence-corrected chi connectivity index (χ0v) is 11.2. The van der Waals surface area contributed by atoms with Crippen LogP contribution in [0.2, 0.25) is 0 Å². The molecular formula is C13H30N2. The lowest BCUT2D eigenvalue weighted by atomic mass is 10.1. The summed E-state index contributed by atoms with van der Waals surface area (Å²) in [4.78, 5) is 2.45. The summed E-state index contributed by atoms with van der Waals surface area (Å²) in [7, 11) is 2.23. The number of nitrogens with one attached hydrogen (secondary N) is 1. The first kappa shape index (κ1) is 14.9. The first-order valence-electron chi connectivity index (χ1n) is 6.56. The third-order valence-corrected chi connectivity index (χ3v) is 2.57. The van der Waals surface area contributed by atoms with E-state index in [4.69, 9.17) is 0 Å². The average molecular weight is 214 g/mol. The largest absolute Gasteiger partial charge is 0.317 e. The standard InChI is InChI=1S/C13H30N2/c1-5-14-10-8-6-7-9-11-15(4)12-13(2)3/h13-14H,5-12H2,1-4H3. The van der Waals surface area contributed by atoms with Crippen molar-refractivity contribution in [1.82, 2.24) is 10.2 Å². The van der Waals surface area contributed by atoms with Crippen molar-refractivity contribution in [1.29, 1.82) is 0 Å². The van der Waals surface area contributed by atoms with E-state index in [2.05, 4.69) is 38.0 Å². The molecule has 0 rings (SSSR count). The lowest BCUT2D eigenvalue weighted by molar-refractivity contribution is 0.288. The smallest absolute Gasteiger partial charge is 0.000133 e. The molecule has 0 heterocycles.